The highest BCUT2D eigenvalue weighted by atomic mass is 35.5. The lowest BCUT2D eigenvalue weighted by molar-refractivity contribution is -0.123. The first-order valence-electron chi connectivity index (χ1n) is 7.35. The third-order valence-electron chi connectivity index (χ3n) is 4.02. The van der Waals surface area contributed by atoms with Gasteiger partial charge in [-0.15, -0.1) is 12.4 Å². The Labute approximate surface area is 143 Å². The zero-order valence-electron chi connectivity index (χ0n) is 13.1. The quantitative estimate of drug-likeness (QED) is 0.861. The van der Waals surface area contributed by atoms with E-state index < -0.39 is 0 Å². The van der Waals surface area contributed by atoms with Crippen LogP contribution in [-0.2, 0) is 4.79 Å². The second-order valence-corrected chi connectivity index (χ2v) is 6.47. The zero-order chi connectivity index (χ0) is 15.3. The molecular weight excluding hydrogens is 323 g/mol. The third kappa shape index (κ3) is 5.67. The van der Waals surface area contributed by atoms with E-state index in [1.807, 2.05) is 13.0 Å². The van der Waals surface area contributed by atoms with Gasteiger partial charge in [0.2, 0.25) is 0 Å². The lowest BCUT2D eigenvalue weighted by atomic mass is 9.81. The first-order chi connectivity index (χ1) is 9.98. The molecule has 2 N–H and O–H groups in total. The summed E-state index contributed by atoms with van der Waals surface area (Å²) in [5.74, 6) is 0.617. The predicted molar refractivity (Wildman–Crippen MR) is 92.2 cm³/mol. The summed E-state index contributed by atoms with van der Waals surface area (Å²) in [6.45, 7) is 6.92. The number of hydrogen-bond acceptors (Lipinski definition) is 3. The van der Waals surface area contributed by atoms with E-state index in [2.05, 4.69) is 17.6 Å². The smallest absolute Gasteiger partial charge is 0.257 e. The molecule has 1 aromatic rings. The number of rotatable bonds is 5. The van der Waals surface area contributed by atoms with Crippen molar-refractivity contribution >= 4 is 29.9 Å². The lowest BCUT2D eigenvalue weighted by Gasteiger charge is -2.34. The molecule has 0 aromatic heterocycles. The minimum Gasteiger partial charge on any atom is -0.484 e. The second kappa shape index (κ2) is 8.61. The number of carbonyl (C=O) groups excluding carboxylic acids is 1. The molecule has 1 amide bonds. The Morgan fingerprint density at radius 1 is 1.41 bits per heavy atom. The highest BCUT2D eigenvalue weighted by Crippen LogP contribution is 2.26. The third-order valence-corrected chi connectivity index (χ3v) is 4.25. The van der Waals surface area contributed by atoms with Crippen molar-refractivity contribution in [1.82, 2.24) is 10.6 Å². The van der Waals surface area contributed by atoms with Gasteiger partial charge in [-0.1, -0.05) is 18.5 Å². The van der Waals surface area contributed by atoms with Crippen LogP contribution in [-0.4, -0.2) is 32.1 Å². The maximum atomic E-state index is 11.9. The average Bonchev–Trinajstić information content (AvgIpc) is 2.45. The molecule has 2 rings (SSSR count). The molecule has 1 aliphatic rings. The number of halogens is 2. The van der Waals surface area contributed by atoms with Crippen molar-refractivity contribution in [1.29, 1.82) is 0 Å². The summed E-state index contributed by atoms with van der Waals surface area (Å²) in [6.07, 6.45) is 2.18. The Bertz CT molecular complexity index is 503. The number of carbonyl (C=O) groups is 1. The van der Waals surface area contributed by atoms with Crippen molar-refractivity contribution in [3.63, 3.8) is 0 Å². The van der Waals surface area contributed by atoms with E-state index in [9.17, 15) is 4.79 Å². The highest BCUT2D eigenvalue weighted by Gasteiger charge is 2.26. The molecule has 0 radical (unpaired) electrons. The summed E-state index contributed by atoms with van der Waals surface area (Å²) in [5.41, 5.74) is 1.12. The molecule has 4 nitrogen and oxygen atoms in total. The van der Waals surface area contributed by atoms with E-state index in [0.29, 0.717) is 17.3 Å². The van der Waals surface area contributed by atoms with E-state index in [4.69, 9.17) is 16.3 Å². The van der Waals surface area contributed by atoms with Crippen molar-refractivity contribution in [2.24, 2.45) is 5.41 Å². The number of nitrogens with one attached hydrogen (secondary N) is 2. The average molecular weight is 347 g/mol. The fourth-order valence-corrected chi connectivity index (χ4v) is 2.71. The van der Waals surface area contributed by atoms with Crippen LogP contribution in [0.25, 0.3) is 0 Å². The standard InChI is InChI=1S/C16H23ClN2O2.ClH/c1-12-9-13(17)3-4-14(12)21-10-15(20)19-11-16(2)5-7-18-8-6-16;/h3-4,9,18H,5-8,10-11H2,1-2H3,(H,19,20);1H. The van der Waals surface area contributed by atoms with Crippen LogP contribution in [0.1, 0.15) is 25.3 Å². The van der Waals surface area contributed by atoms with Crippen LogP contribution < -0.4 is 15.4 Å². The molecule has 1 aromatic carbocycles. The summed E-state index contributed by atoms with van der Waals surface area (Å²) >= 11 is 5.89. The van der Waals surface area contributed by atoms with Gasteiger partial charge in [-0.05, 0) is 62.0 Å². The van der Waals surface area contributed by atoms with Gasteiger partial charge < -0.3 is 15.4 Å². The van der Waals surface area contributed by atoms with Crippen LogP contribution in [0.15, 0.2) is 18.2 Å². The monoisotopic (exact) mass is 346 g/mol. The summed E-state index contributed by atoms with van der Waals surface area (Å²) in [5, 5.41) is 6.98. The van der Waals surface area contributed by atoms with Gasteiger partial charge in [0.1, 0.15) is 5.75 Å². The Morgan fingerprint density at radius 3 is 2.73 bits per heavy atom. The molecule has 1 aliphatic heterocycles. The van der Waals surface area contributed by atoms with Gasteiger partial charge in [-0.25, -0.2) is 0 Å². The van der Waals surface area contributed by atoms with E-state index in [1.54, 1.807) is 12.1 Å². The molecule has 0 spiro atoms. The molecule has 124 valence electrons. The molecule has 0 bridgehead atoms. The van der Waals surface area contributed by atoms with E-state index in [0.717, 1.165) is 31.5 Å². The van der Waals surface area contributed by atoms with Gasteiger partial charge in [0, 0.05) is 11.6 Å². The number of benzene rings is 1. The highest BCUT2D eigenvalue weighted by molar-refractivity contribution is 6.30. The van der Waals surface area contributed by atoms with Crippen LogP contribution in [0.5, 0.6) is 5.75 Å². The molecule has 0 unspecified atom stereocenters. The summed E-state index contributed by atoms with van der Waals surface area (Å²) < 4.78 is 5.54. The molecule has 6 heteroatoms. The number of hydrogen-bond donors (Lipinski definition) is 2. The van der Waals surface area contributed by atoms with Crippen LogP contribution in [0.3, 0.4) is 0 Å². The summed E-state index contributed by atoms with van der Waals surface area (Å²) in [6, 6.07) is 5.38. The minimum absolute atomic E-state index is 0. The Morgan fingerprint density at radius 2 is 2.09 bits per heavy atom. The van der Waals surface area contributed by atoms with Crippen LogP contribution in [0, 0.1) is 12.3 Å². The van der Waals surface area contributed by atoms with Crippen molar-refractivity contribution in [2.75, 3.05) is 26.2 Å². The fourth-order valence-electron chi connectivity index (χ4n) is 2.49. The Kier molecular flexibility index (Phi) is 7.46. The molecule has 1 fully saturated rings. The van der Waals surface area contributed by atoms with Crippen LogP contribution in [0.4, 0.5) is 0 Å². The molecule has 0 aliphatic carbocycles. The van der Waals surface area contributed by atoms with Crippen molar-refractivity contribution in [2.45, 2.75) is 26.7 Å². The number of amides is 1. The van der Waals surface area contributed by atoms with Gasteiger partial charge in [-0.2, -0.15) is 0 Å². The summed E-state index contributed by atoms with van der Waals surface area (Å²) in [7, 11) is 0. The normalized spacial score (nSPS) is 16.5. The van der Waals surface area contributed by atoms with E-state index in [1.165, 1.54) is 0 Å². The molecule has 0 saturated carbocycles. The molecular formula is C16H24Cl2N2O2. The topological polar surface area (TPSA) is 50.4 Å². The lowest BCUT2D eigenvalue weighted by Crippen LogP contribution is -2.43. The predicted octanol–water partition coefficient (Wildman–Crippen LogP) is 2.95. The first kappa shape index (κ1) is 19.1. The van der Waals surface area contributed by atoms with Crippen LogP contribution >= 0.6 is 24.0 Å². The van der Waals surface area contributed by atoms with Crippen molar-refractivity contribution in [3.8, 4) is 5.75 Å². The molecule has 22 heavy (non-hydrogen) atoms. The SMILES string of the molecule is Cc1cc(Cl)ccc1OCC(=O)NCC1(C)CCNCC1.Cl. The molecule has 1 saturated heterocycles. The van der Waals surface area contributed by atoms with Gasteiger partial charge in [0.25, 0.3) is 5.91 Å². The Hall–Kier alpha value is -0.970. The van der Waals surface area contributed by atoms with Gasteiger partial charge >= 0.3 is 0 Å². The first-order valence-corrected chi connectivity index (χ1v) is 7.73. The van der Waals surface area contributed by atoms with Crippen molar-refractivity contribution in [3.05, 3.63) is 28.8 Å². The maximum Gasteiger partial charge on any atom is 0.257 e. The minimum atomic E-state index is -0.0795. The van der Waals surface area contributed by atoms with Crippen LogP contribution in [0.2, 0.25) is 5.02 Å². The molecule has 1 heterocycles. The number of piperidine rings is 1. The van der Waals surface area contributed by atoms with E-state index >= 15 is 0 Å². The molecule has 0 atom stereocenters. The Balaban J connectivity index is 0.00000242. The van der Waals surface area contributed by atoms with Gasteiger partial charge in [-0.3, -0.25) is 4.79 Å². The van der Waals surface area contributed by atoms with Gasteiger partial charge in [0.15, 0.2) is 6.61 Å². The van der Waals surface area contributed by atoms with Crippen molar-refractivity contribution < 1.29 is 9.53 Å². The zero-order valence-corrected chi connectivity index (χ0v) is 14.6. The van der Waals surface area contributed by atoms with Gasteiger partial charge in [0.05, 0.1) is 0 Å². The second-order valence-electron chi connectivity index (χ2n) is 6.04. The number of ether oxygens (including phenoxy) is 1. The number of aryl methyl sites for hydroxylation is 1. The maximum absolute atomic E-state index is 11.9. The van der Waals surface area contributed by atoms with E-state index in [-0.39, 0.29) is 30.3 Å². The fraction of sp³-hybridized carbons (Fsp3) is 0.562. The largest absolute Gasteiger partial charge is 0.484 e. The summed E-state index contributed by atoms with van der Waals surface area (Å²) in [4.78, 5) is 11.9.